The Balaban J connectivity index is 2.78. The zero-order valence-electron chi connectivity index (χ0n) is 12.8. The Bertz CT molecular complexity index is 379. The molecule has 0 aliphatic carbocycles. The summed E-state index contributed by atoms with van der Waals surface area (Å²) >= 11 is 0. The molecule has 0 spiro atoms. The van der Waals surface area contributed by atoms with E-state index in [0.29, 0.717) is 12.0 Å². The standard InChI is InChI=1S/C16H27NO2/c1-6-12(3)11-19-15-9-8-14(10-16(15)18-5)13(4)17-7-2/h8-10,12-13,17H,6-7,11H2,1-5H3. The van der Waals surface area contributed by atoms with Gasteiger partial charge in [-0.1, -0.05) is 33.3 Å². The van der Waals surface area contributed by atoms with Crippen LogP contribution < -0.4 is 14.8 Å². The molecular formula is C16H27NO2. The highest BCUT2D eigenvalue weighted by Gasteiger charge is 2.10. The minimum absolute atomic E-state index is 0.322. The molecule has 1 aromatic rings. The van der Waals surface area contributed by atoms with Gasteiger partial charge >= 0.3 is 0 Å². The van der Waals surface area contributed by atoms with E-state index in [1.807, 2.05) is 6.07 Å². The third-order valence-electron chi connectivity index (χ3n) is 3.42. The van der Waals surface area contributed by atoms with Crippen molar-refractivity contribution in [3.05, 3.63) is 23.8 Å². The van der Waals surface area contributed by atoms with Crippen LogP contribution in [0.3, 0.4) is 0 Å². The van der Waals surface area contributed by atoms with Gasteiger partial charge in [-0.3, -0.25) is 0 Å². The summed E-state index contributed by atoms with van der Waals surface area (Å²) in [6, 6.07) is 6.48. The maximum atomic E-state index is 5.83. The second-order valence-electron chi connectivity index (χ2n) is 5.01. The Labute approximate surface area is 117 Å². The van der Waals surface area contributed by atoms with Crippen LogP contribution in [0.25, 0.3) is 0 Å². The second-order valence-corrected chi connectivity index (χ2v) is 5.01. The topological polar surface area (TPSA) is 30.5 Å². The molecule has 0 radical (unpaired) electrons. The molecule has 0 saturated carbocycles. The Morgan fingerprint density at radius 2 is 1.89 bits per heavy atom. The highest BCUT2D eigenvalue weighted by atomic mass is 16.5. The van der Waals surface area contributed by atoms with Gasteiger partial charge in [0, 0.05) is 6.04 Å². The number of hydrogen-bond acceptors (Lipinski definition) is 3. The summed E-state index contributed by atoms with van der Waals surface area (Å²) < 4.78 is 11.3. The zero-order valence-corrected chi connectivity index (χ0v) is 12.8. The summed E-state index contributed by atoms with van der Waals surface area (Å²) in [5.41, 5.74) is 1.22. The lowest BCUT2D eigenvalue weighted by Gasteiger charge is -2.17. The molecule has 0 heterocycles. The molecule has 3 nitrogen and oxygen atoms in total. The van der Waals surface area contributed by atoms with Crippen LogP contribution in [0.2, 0.25) is 0 Å². The monoisotopic (exact) mass is 265 g/mol. The van der Waals surface area contributed by atoms with Gasteiger partial charge in [-0.25, -0.2) is 0 Å². The van der Waals surface area contributed by atoms with Crippen LogP contribution in [-0.4, -0.2) is 20.3 Å². The van der Waals surface area contributed by atoms with Crippen LogP contribution in [0, 0.1) is 5.92 Å². The van der Waals surface area contributed by atoms with Gasteiger partial charge in [-0.05, 0) is 37.1 Å². The lowest BCUT2D eigenvalue weighted by molar-refractivity contribution is 0.244. The smallest absolute Gasteiger partial charge is 0.161 e. The van der Waals surface area contributed by atoms with E-state index in [4.69, 9.17) is 9.47 Å². The minimum Gasteiger partial charge on any atom is -0.493 e. The molecule has 1 N–H and O–H groups in total. The van der Waals surface area contributed by atoms with Crippen LogP contribution in [0.15, 0.2) is 18.2 Å². The summed E-state index contributed by atoms with van der Waals surface area (Å²) in [5.74, 6) is 2.20. The van der Waals surface area contributed by atoms with Gasteiger partial charge in [0.15, 0.2) is 11.5 Å². The van der Waals surface area contributed by atoms with Gasteiger partial charge in [0.05, 0.1) is 13.7 Å². The zero-order chi connectivity index (χ0) is 14.3. The number of ether oxygens (including phenoxy) is 2. The first-order valence-electron chi connectivity index (χ1n) is 7.16. The minimum atomic E-state index is 0.322. The van der Waals surface area contributed by atoms with Crippen molar-refractivity contribution >= 4 is 0 Å². The highest BCUT2D eigenvalue weighted by Crippen LogP contribution is 2.30. The molecule has 0 fully saturated rings. The van der Waals surface area contributed by atoms with Gasteiger partial charge in [0.2, 0.25) is 0 Å². The van der Waals surface area contributed by atoms with Crippen LogP contribution in [-0.2, 0) is 0 Å². The van der Waals surface area contributed by atoms with E-state index in [0.717, 1.165) is 31.1 Å². The summed E-state index contributed by atoms with van der Waals surface area (Å²) in [5, 5.41) is 3.40. The molecular weight excluding hydrogens is 238 g/mol. The molecule has 0 saturated heterocycles. The van der Waals surface area contributed by atoms with Crippen LogP contribution in [0.1, 0.15) is 45.7 Å². The Hall–Kier alpha value is -1.22. The van der Waals surface area contributed by atoms with Gasteiger partial charge in [0.25, 0.3) is 0 Å². The van der Waals surface area contributed by atoms with Crippen LogP contribution in [0.5, 0.6) is 11.5 Å². The molecule has 2 unspecified atom stereocenters. The SMILES string of the molecule is CCNC(C)c1ccc(OCC(C)CC)c(OC)c1. The predicted molar refractivity (Wildman–Crippen MR) is 80.0 cm³/mol. The Morgan fingerprint density at radius 3 is 2.47 bits per heavy atom. The van der Waals surface area contributed by atoms with E-state index in [2.05, 4.69) is 45.1 Å². The molecule has 0 aliphatic heterocycles. The molecule has 0 aromatic heterocycles. The van der Waals surface area contributed by atoms with Crippen molar-refractivity contribution in [2.75, 3.05) is 20.3 Å². The summed E-state index contributed by atoms with van der Waals surface area (Å²) in [4.78, 5) is 0. The summed E-state index contributed by atoms with van der Waals surface area (Å²) in [6.45, 7) is 10.3. The van der Waals surface area contributed by atoms with Crippen molar-refractivity contribution in [3.63, 3.8) is 0 Å². The van der Waals surface area contributed by atoms with Crippen molar-refractivity contribution in [1.82, 2.24) is 5.32 Å². The maximum Gasteiger partial charge on any atom is 0.161 e. The average molecular weight is 265 g/mol. The van der Waals surface area contributed by atoms with Crippen molar-refractivity contribution in [2.45, 2.75) is 40.2 Å². The van der Waals surface area contributed by atoms with Crippen molar-refractivity contribution in [3.8, 4) is 11.5 Å². The quantitative estimate of drug-likeness (QED) is 0.775. The fraction of sp³-hybridized carbons (Fsp3) is 0.625. The van der Waals surface area contributed by atoms with E-state index < -0.39 is 0 Å². The molecule has 3 heteroatoms. The van der Waals surface area contributed by atoms with Crippen molar-refractivity contribution in [1.29, 1.82) is 0 Å². The van der Waals surface area contributed by atoms with E-state index in [1.165, 1.54) is 5.56 Å². The highest BCUT2D eigenvalue weighted by molar-refractivity contribution is 5.43. The first-order valence-corrected chi connectivity index (χ1v) is 7.16. The van der Waals surface area contributed by atoms with E-state index in [9.17, 15) is 0 Å². The normalized spacial score (nSPS) is 13.9. The third-order valence-corrected chi connectivity index (χ3v) is 3.42. The summed E-state index contributed by atoms with van der Waals surface area (Å²) in [7, 11) is 1.69. The van der Waals surface area contributed by atoms with Crippen molar-refractivity contribution in [2.24, 2.45) is 5.92 Å². The van der Waals surface area contributed by atoms with Gasteiger partial charge in [-0.2, -0.15) is 0 Å². The molecule has 108 valence electrons. The number of hydrogen-bond donors (Lipinski definition) is 1. The molecule has 0 bridgehead atoms. The maximum absolute atomic E-state index is 5.83. The lowest BCUT2D eigenvalue weighted by atomic mass is 10.1. The van der Waals surface area contributed by atoms with Gasteiger partial charge in [-0.15, -0.1) is 0 Å². The first kappa shape index (κ1) is 15.8. The Kier molecular flexibility index (Phi) is 6.71. The molecule has 1 rings (SSSR count). The summed E-state index contributed by atoms with van der Waals surface area (Å²) in [6.07, 6.45) is 1.12. The third kappa shape index (κ3) is 4.75. The van der Waals surface area contributed by atoms with Gasteiger partial charge < -0.3 is 14.8 Å². The fourth-order valence-corrected chi connectivity index (χ4v) is 1.85. The predicted octanol–water partition coefficient (Wildman–Crippen LogP) is 3.79. The van der Waals surface area contributed by atoms with Crippen LogP contribution in [0.4, 0.5) is 0 Å². The number of benzene rings is 1. The first-order chi connectivity index (χ1) is 9.12. The van der Waals surface area contributed by atoms with E-state index in [1.54, 1.807) is 7.11 Å². The molecule has 0 aliphatic rings. The largest absolute Gasteiger partial charge is 0.493 e. The molecule has 2 atom stereocenters. The van der Waals surface area contributed by atoms with E-state index >= 15 is 0 Å². The number of nitrogens with one attached hydrogen (secondary N) is 1. The number of rotatable bonds is 8. The van der Waals surface area contributed by atoms with Crippen LogP contribution >= 0.6 is 0 Å². The second kappa shape index (κ2) is 8.05. The molecule has 0 amide bonds. The number of methoxy groups -OCH3 is 1. The molecule has 1 aromatic carbocycles. The van der Waals surface area contributed by atoms with E-state index in [-0.39, 0.29) is 0 Å². The lowest BCUT2D eigenvalue weighted by Crippen LogP contribution is -2.17. The van der Waals surface area contributed by atoms with Crippen molar-refractivity contribution < 1.29 is 9.47 Å². The van der Waals surface area contributed by atoms with Gasteiger partial charge in [0.1, 0.15) is 0 Å². The fourth-order valence-electron chi connectivity index (χ4n) is 1.85. The average Bonchev–Trinajstić information content (AvgIpc) is 2.44. The molecule has 19 heavy (non-hydrogen) atoms. The Morgan fingerprint density at radius 1 is 1.16 bits per heavy atom.